The van der Waals surface area contributed by atoms with Crippen LogP contribution in [0.5, 0.6) is 0 Å². The average molecular weight is 330 g/mol. The van der Waals surface area contributed by atoms with Gasteiger partial charge in [-0.2, -0.15) is 4.39 Å². The zero-order valence-corrected chi connectivity index (χ0v) is 12.6. The Balaban J connectivity index is 2.06. The molecule has 0 aliphatic heterocycles. The van der Waals surface area contributed by atoms with Gasteiger partial charge >= 0.3 is 5.97 Å². The summed E-state index contributed by atoms with van der Waals surface area (Å²) in [7, 11) is 5.44. The van der Waals surface area contributed by atoms with Crippen molar-refractivity contribution in [2.45, 2.75) is 19.4 Å². The van der Waals surface area contributed by atoms with Crippen LogP contribution in [0, 0.1) is 17.6 Å². The summed E-state index contributed by atoms with van der Waals surface area (Å²) in [6.07, 6.45) is 2.93. The van der Waals surface area contributed by atoms with Gasteiger partial charge in [0, 0.05) is 12.7 Å². The van der Waals surface area contributed by atoms with Crippen molar-refractivity contribution < 1.29 is 18.7 Å². The molecule has 3 rings (SSSR count). The summed E-state index contributed by atoms with van der Waals surface area (Å²) in [5.41, 5.74) is -1.96. The van der Waals surface area contributed by atoms with Crippen LogP contribution in [-0.4, -0.2) is 23.5 Å². The molecule has 1 heterocycles. The van der Waals surface area contributed by atoms with E-state index >= 15 is 0 Å². The van der Waals surface area contributed by atoms with Crippen LogP contribution >= 0.6 is 0 Å². The SMILES string of the molecule is [B]c1ccc(Nc2c(C(=O)O)cn(CC3CC3)c(=O)c2F)c(F)c1. The minimum atomic E-state index is -1.42. The van der Waals surface area contributed by atoms with E-state index in [4.69, 9.17) is 7.85 Å². The second-order valence-corrected chi connectivity index (χ2v) is 5.80. The first-order chi connectivity index (χ1) is 11.4. The van der Waals surface area contributed by atoms with E-state index in [2.05, 4.69) is 5.32 Å². The van der Waals surface area contributed by atoms with Crippen molar-refractivity contribution in [2.75, 3.05) is 5.32 Å². The average Bonchev–Trinajstić information content (AvgIpc) is 3.32. The van der Waals surface area contributed by atoms with E-state index in [1.165, 1.54) is 12.1 Å². The molecular weight excluding hydrogens is 317 g/mol. The molecule has 0 unspecified atom stereocenters. The number of aromatic nitrogens is 1. The third kappa shape index (κ3) is 3.17. The molecule has 8 heteroatoms. The first-order valence-corrected chi connectivity index (χ1v) is 7.35. The Morgan fingerprint density at radius 2 is 2.08 bits per heavy atom. The Hall–Kier alpha value is -2.64. The number of carbonyl (C=O) groups is 1. The van der Waals surface area contributed by atoms with Gasteiger partial charge in [0.25, 0.3) is 5.56 Å². The summed E-state index contributed by atoms with van der Waals surface area (Å²) in [4.78, 5) is 23.5. The van der Waals surface area contributed by atoms with Crippen LogP contribution in [0.4, 0.5) is 20.2 Å². The number of halogens is 2. The molecule has 122 valence electrons. The summed E-state index contributed by atoms with van der Waals surface area (Å²) in [6.45, 7) is 0.270. The molecule has 24 heavy (non-hydrogen) atoms. The summed E-state index contributed by atoms with van der Waals surface area (Å²) in [6, 6.07) is 3.62. The lowest BCUT2D eigenvalue weighted by molar-refractivity contribution is 0.0696. The van der Waals surface area contributed by atoms with Crippen molar-refractivity contribution in [3.8, 4) is 0 Å². The maximum Gasteiger partial charge on any atom is 0.339 e. The first-order valence-electron chi connectivity index (χ1n) is 7.35. The van der Waals surface area contributed by atoms with Gasteiger partial charge in [-0.15, -0.1) is 0 Å². The third-order valence-electron chi connectivity index (χ3n) is 3.86. The minimum Gasteiger partial charge on any atom is -0.478 e. The fourth-order valence-electron chi connectivity index (χ4n) is 2.40. The van der Waals surface area contributed by atoms with E-state index in [1.54, 1.807) is 0 Å². The normalized spacial score (nSPS) is 13.8. The topological polar surface area (TPSA) is 71.3 Å². The van der Waals surface area contributed by atoms with Crippen LogP contribution < -0.4 is 16.3 Å². The van der Waals surface area contributed by atoms with Crippen LogP contribution in [0.25, 0.3) is 0 Å². The summed E-state index contributed by atoms with van der Waals surface area (Å²) in [5.74, 6) is -3.20. The second kappa shape index (κ2) is 6.11. The lowest BCUT2D eigenvalue weighted by Gasteiger charge is -2.14. The molecule has 2 radical (unpaired) electrons. The zero-order valence-electron chi connectivity index (χ0n) is 12.6. The van der Waals surface area contributed by atoms with Crippen LogP contribution in [-0.2, 0) is 6.54 Å². The molecule has 0 amide bonds. The predicted molar refractivity (Wildman–Crippen MR) is 85.4 cm³/mol. The van der Waals surface area contributed by atoms with Gasteiger partial charge < -0.3 is 15.0 Å². The van der Waals surface area contributed by atoms with Gasteiger partial charge in [0.1, 0.15) is 19.2 Å². The second-order valence-electron chi connectivity index (χ2n) is 5.80. The Bertz CT molecular complexity index is 878. The van der Waals surface area contributed by atoms with Crippen molar-refractivity contribution in [3.05, 3.63) is 51.9 Å². The fraction of sp³-hybridized carbons (Fsp3) is 0.250. The number of rotatable bonds is 5. The Labute approximate surface area is 137 Å². The number of aromatic carboxylic acids is 1. The molecule has 1 aliphatic rings. The molecule has 0 atom stereocenters. The maximum absolute atomic E-state index is 14.4. The lowest BCUT2D eigenvalue weighted by atomic mass is 9.96. The highest BCUT2D eigenvalue weighted by Crippen LogP contribution is 2.31. The fourth-order valence-corrected chi connectivity index (χ4v) is 2.40. The van der Waals surface area contributed by atoms with Crippen LogP contribution in [0.2, 0.25) is 0 Å². The molecule has 0 saturated heterocycles. The standard InChI is InChI=1S/C16H13BF2N2O3/c17-9-3-4-12(11(18)5-9)20-14-10(16(23)24)7-21(6-8-1-2-8)15(22)13(14)19/h3-5,7-8,20H,1-2,6H2,(H,23,24). The number of carboxylic acid groups (broad SMARTS) is 1. The van der Waals surface area contributed by atoms with E-state index in [1.807, 2.05) is 0 Å². The van der Waals surface area contributed by atoms with Crippen molar-refractivity contribution in [1.82, 2.24) is 4.57 Å². The number of anilines is 2. The van der Waals surface area contributed by atoms with E-state index in [9.17, 15) is 23.5 Å². The van der Waals surface area contributed by atoms with Gasteiger partial charge in [-0.1, -0.05) is 11.5 Å². The van der Waals surface area contributed by atoms with Gasteiger partial charge in [-0.25, -0.2) is 9.18 Å². The number of carboxylic acids is 1. The highest BCUT2D eigenvalue weighted by atomic mass is 19.1. The van der Waals surface area contributed by atoms with Crippen molar-refractivity contribution in [1.29, 1.82) is 0 Å². The molecule has 1 saturated carbocycles. The number of pyridine rings is 1. The molecule has 2 aromatic rings. The molecule has 1 fully saturated rings. The van der Waals surface area contributed by atoms with Crippen LogP contribution in [0.3, 0.4) is 0 Å². The third-order valence-corrected chi connectivity index (χ3v) is 3.86. The molecule has 1 aromatic carbocycles. The highest BCUT2D eigenvalue weighted by Gasteiger charge is 2.26. The quantitative estimate of drug-likeness (QED) is 0.820. The summed E-state index contributed by atoms with van der Waals surface area (Å²) >= 11 is 0. The Morgan fingerprint density at radius 1 is 1.38 bits per heavy atom. The number of nitrogens with zero attached hydrogens (tertiary/aromatic N) is 1. The van der Waals surface area contributed by atoms with Crippen LogP contribution in [0.1, 0.15) is 23.2 Å². The van der Waals surface area contributed by atoms with Crippen molar-refractivity contribution in [2.24, 2.45) is 5.92 Å². The molecule has 5 nitrogen and oxygen atoms in total. The van der Waals surface area contributed by atoms with Gasteiger partial charge in [-0.05, 0) is 30.9 Å². The smallest absolute Gasteiger partial charge is 0.339 e. The van der Waals surface area contributed by atoms with Gasteiger partial charge in [0.15, 0.2) is 0 Å². The molecule has 1 aromatic heterocycles. The van der Waals surface area contributed by atoms with Crippen molar-refractivity contribution >= 4 is 30.7 Å². The van der Waals surface area contributed by atoms with Gasteiger partial charge in [0.05, 0.1) is 11.4 Å². The molecule has 2 N–H and O–H groups in total. The molecular formula is C16H13BF2N2O3. The molecule has 1 aliphatic carbocycles. The Kier molecular flexibility index (Phi) is 4.13. The molecule has 0 bridgehead atoms. The maximum atomic E-state index is 14.4. The zero-order chi connectivity index (χ0) is 17.4. The van der Waals surface area contributed by atoms with Gasteiger partial charge in [0.2, 0.25) is 5.82 Å². The summed E-state index contributed by atoms with van der Waals surface area (Å²) < 4.78 is 29.4. The lowest BCUT2D eigenvalue weighted by Crippen LogP contribution is -2.27. The minimum absolute atomic E-state index is 0.164. The van der Waals surface area contributed by atoms with E-state index in [0.29, 0.717) is 0 Å². The van der Waals surface area contributed by atoms with E-state index in [-0.39, 0.29) is 23.6 Å². The van der Waals surface area contributed by atoms with E-state index in [0.717, 1.165) is 29.7 Å². The Morgan fingerprint density at radius 3 is 2.67 bits per heavy atom. The monoisotopic (exact) mass is 330 g/mol. The first kappa shape index (κ1) is 16.2. The van der Waals surface area contributed by atoms with E-state index < -0.39 is 34.4 Å². The summed E-state index contributed by atoms with van der Waals surface area (Å²) in [5, 5.41) is 11.7. The highest BCUT2D eigenvalue weighted by molar-refractivity contribution is 6.32. The van der Waals surface area contributed by atoms with Crippen molar-refractivity contribution in [3.63, 3.8) is 0 Å². The number of nitrogens with one attached hydrogen (secondary N) is 1. The molecule has 0 spiro atoms. The van der Waals surface area contributed by atoms with Crippen LogP contribution in [0.15, 0.2) is 29.2 Å². The number of hydrogen-bond acceptors (Lipinski definition) is 3. The number of benzene rings is 1. The number of hydrogen-bond donors (Lipinski definition) is 2. The predicted octanol–water partition coefficient (Wildman–Crippen LogP) is 1.77. The largest absolute Gasteiger partial charge is 0.478 e. The van der Waals surface area contributed by atoms with Gasteiger partial charge in [-0.3, -0.25) is 4.79 Å².